The van der Waals surface area contributed by atoms with Crippen molar-refractivity contribution >= 4 is 16.6 Å². The second kappa shape index (κ2) is 7.35. The van der Waals surface area contributed by atoms with Crippen LogP contribution in [-0.4, -0.2) is 52.4 Å². The number of rotatable bonds is 5. The molecule has 5 nitrogen and oxygen atoms in total. The Balaban J connectivity index is 1.65. The molecule has 2 bridgehead atoms. The zero-order valence-electron chi connectivity index (χ0n) is 15.2. The first-order chi connectivity index (χ1) is 12.7. The molecule has 4 atom stereocenters. The first kappa shape index (κ1) is 17.5. The van der Waals surface area contributed by atoms with Crippen molar-refractivity contribution in [3.8, 4) is 0 Å². The third-order valence-corrected chi connectivity index (χ3v) is 5.94. The minimum absolute atomic E-state index is 0.0895. The number of aromatic nitrogens is 1. The smallest absolute Gasteiger partial charge is 0.0952 e. The van der Waals surface area contributed by atoms with Crippen LogP contribution in [0.15, 0.2) is 42.1 Å². The Morgan fingerprint density at radius 2 is 2.27 bits per heavy atom. The van der Waals surface area contributed by atoms with Crippen LogP contribution in [0.1, 0.15) is 31.4 Å². The molecule has 0 radical (unpaired) electrons. The molecule has 4 heterocycles. The van der Waals surface area contributed by atoms with E-state index in [-0.39, 0.29) is 12.6 Å². The average molecular weight is 353 g/mol. The van der Waals surface area contributed by atoms with E-state index in [0.717, 1.165) is 41.7 Å². The number of aliphatic hydroxyl groups is 2. The number of nitrogens with one attached hydrogen (secondary N) is 1. The molecular formula is C21H27N3O2. The summed E-state index contributed by atoms with van der Waals surface area (Å²) in [5.74, 6) is 0.611. The van der Waals surface area contributed by atoms with Crippen molar-refractivity contribution in [1.82, 2.24) is 9.88 Å². The normalized spacial score (nSPS) is 27.8. The summed E-state index contributed by atoms with van der Waals surface area (Å²) in [5.41, 5.74) is 4.30. The van der Waals surface area contributed by atoms with Crippen molar-refractivity contribution in [2.45, 2.75) is 31.9 Å². The molecule has 1 aromatic carbocycles. The van der Waals surface area contributed by atoms with Crippen molar-refractivity contribution < 1.29 is 10.2 Å². The third kappa shape index (κ3) is 3.11. The quantitative estimate of drug-likeness (QED) is 0.721. The molecule has 3 aliphatic heterocycles. The molecule has 3 aliphatic rings. The molecule has 1 aromatic heterocycles. The molecule has 5 rings (SSSR count). The van der Waals surface area contributed by atoms with Gasteiger partial charge in [0.15, 0.2) is 0 Å². The van der Waals surface area contributed by atoms with Gasteiger partial charge in [-0.1, -0.05) is 11.6 Å². The van der Waals surface area contributed by atoms with Gasteiger partial charge >= 0.3 is 0 Å². The Labute approximate surface area is 154 Å². The predicted molar refractivity (Wildman–Crippen MR) is 104 cm³/mol. The number of allylic oxidation sites excluding steroid dienone is 1. The van der Waals surface area contributed by atoms with E-state index in [1.165, 1.54) is 12.0 Å². The average Bonchev–Trinajstić information content (AvgIpc) is 2.71. The van der Waals surface area contributed by atoms with E-state index in [0.29, 0.717) is 12.5 Å². The van der Waals surface area contributed by atoms with Crippen LogP contribution >= 0.6 is 0 Å². The van der Waals surface area contributed by atoms with Gasteiger partial charge in [0, 0.05) is 36.4 Å². The lowest BCUT2D eigenvalue weighted by Crippen LogP contribution is -2.52. The number of hydrogen-bond donors (Lipinski definition) is 3. The number of nitrogens with zero attached hydrogens (tertiary/aromatic N) is 2. The largest absolute Gasteiger partial charge is 0.395 e. The van der Waals surface area contributed by atoms with Gasteiger partial charge in [0.05, 0.1) is 18.2 Å². The lowest BCUT2D eigenvalue weighted by atomic mass is 9.76. The van der Waals surface area contributed by atoms with Crippen LogP contribution in [0.3, 0.4) is 0 Å². The van der Waals surface area contributed by atoms with E-state index in [9.17, 15) is 5.11 Å². The number of piperidine rings is 3. The lowest BCUT2D eigenvalue weighted by Gasteiger charge is -2.48. The second-order valence-corrected chi connectivity index (χ2v) is 7.35. The minimum atomic E-state index is -0.519. The molecule has 4 unspecified atom stereocenters. The fourth-order valence-corrected chi connectivity index (χ4v) is 4.54. The van der Waals surface area contributed by atoms with Gasteiger partial charge < -0.3 is 15.5 Å². The molecule has 0 amide bonds. The van der Waals surface area contributed by atoms with Crippen LogP contribution in [0.2, 0.25) is 0 Å². The Morgan fingerprint density at radius 1 is 1.38 bits per heavy atom. The summed E-state index contributed by atoms with van der Waals surface area (Å²) < 4.78 is 0. The van der Waals surface area contributed by atoms with E-state index < -0.39 is 6.10 Å². The van der Waals surface area contributed by atoms with Crippen molar-refractivity contribution in [1.29, 1.82) is 0 Å². The molecule has 5 heteroatoms. The zero-order chi connectivity index (χ0) is 18.1. The maximum absolute atomic E-state index is 11.2. The highest BCUT2D eigenvalue weighted by Gasteiger charge is 2.40. The number of hydrogen-bond acceptors (Lipinski definition) is 5. The van der Waals surface area contributed by atoms with Crippen molar-refractivity contribution in [3.05, 3.63) is 47.7 Å². The Hall–Kier alpha value is -1.95. The molecule has 0 spiro atoms. The van der Waals surface area contributed by atoms with Gasteiger partial charge in [-0.2, -0.15) is 0 Å². The van der Waals surface area contributed by atoms with Crippen LogP contribution in [-0.2, 0) is 0 Å². The minimum Gasteiger partial charge on any atom is -0.395 e. The highest BCUT2D eigenvalue weighted by Crippen LogP contribution is 2.41. The highest BCUT2D eigenvalue weighted by atomic mass is 16.3. The first-order valence-electron chi connectivity index (χ1n) is 9.52. The van der Waals surface area contributed by atoms with Gasteiger partial charge in [-0.25, -0.2) is 0 Å². The van der Waals surface area contributed by atoms with Crippen molar-refractivity contribution in [3.63, 3.8) is 0 Å². The van der Waals surface area contributed by atoms with Gasteiger partial charge in [0.25, 0.3) is 0 Å². The molecule has 3 fully saturated rings. The fourth-order valence-electron chi connectivity index (χ4n) is 4.54. The summed E-state index contributed by atoms with van der Waals surface area (Å²) in [6.07, 6.45) is 5.74. The van der Waals surface area contributed by atoms with E-state index in [1.54, 1.807) is 6.20 Å². The van der Waals surface area contributed by atoms with Gasteiger partial charge in [0.2, 0.25) is 0 Å². The number of aliphatic hydroxyl groups excluding tert-OH is 2. The summed E-state index contributed by atoms with van der Waals surface area (Å²) in [4.78, 5) is 6.88. The second-order valence-electron chi connectivity index (χ2n) is 7.35. The molecule has 26 heavy (non-hydrogen) atoms. The first-order valence-corrected chi connectivity index (χ1v) is 9.52. The molecular weight excluding hydrogens is 326 g/mol. The number of benzene rings is 1. The van der Waals surface area contributed by atoms with Crippen LogP contribution < -0.4 is 5.32 Å². The zero-order valence-corrected chi connectivity index (χ0v) is 15.2. The van der Waals surface area contributed by atoms with Crippen LogP contribution in [0, 0.1) is 5.92 Å². The summed E-state index contributed by atoms with van der Waals surface area (Å²) >= 11 is 0. The lowest BCUT2D eigenvalue weighted by molar-refractivity contribution is -0.00340. The van der Waals surface area contributed by atoms with E-state index in [1.807, 2.05) is 24.3 Å². The van der Waals surface area contributed by atoms with E-state index >= 15 is 0 Å². The van der Waals surface area contributed by atoms with Crippen molar-refractivity contribution in [2.75, 3.05) is 31.6 Å². The summed E-state index contributed by atoms with van der Waals surface area (Å²) in [7, 11) is 0. The maximum atomic E-state index is 11.2. The Morgan fingerprint density at radius 3 is 3.00 bits per heavy atom. The third-order valence-electron chi connectivity index (χ3n) is 5.94. The standard InChI is InChI=1S/C21H27N3O2/c1-2-14-13-24-9-6-15(14)11-20(24)21(26)17-5-7-23-19-4-3-16(12-18(17)19)22-8-10-25/h2-5,7,12,15,20-22,25-26H,6,8-11,13H2,1H3. The van der Waals surface area contributed by atoms with Crippen LogP contribution in [0.5, 0.6) is 0 Å². The summed E-state index contributed by atoms with van der Waals surface area (Å²) in [5, 5.41) is 24.5. The van der Waals surface area contributed by atoms with Gasteiger partial charge in [0.1, 0.15) is 0 Å². The number of fused-ring (bicyclic) bond motifs is 4. The molecule has 3 N–H and O–H groups in total. The fraction of sp³-hybridized carbons (Fsp3) is 0.476. The molecule has 3 saturated heterocycles. The van der Waals surface area contributed by atoms with E-state index in [4.69, 9.17) is 5.11 Å². The maximum Gasteiger partial charge on any atom is 0.0952 e. The van der Waals surface area contributed by atoms with Gasteiger partial charge in [-0.05, 0) is 62.1 Å². The van der Waals surface area contributed by atoms with E-state index in [2.05, 4.69) is 28.2 Å². The van der Waals surface area contributed by atoms with Crippen LogP contribution in [0.25, 0.3) is 10.9 Å². The summed E-state index contributed by atoms with van der Waals surface area (Å²) in [6, 6.07) is 8.08. The molecule has 0 saturated carbocycles. The summed E-state index contributed by atoms with van der Waals surface area (Å²) in [6.45, 7) is 4.77. The van der Waals surface area contributed by atoms with Crippen molar-refractivity contribution in [2.24, 2.45) is 5.92 Å². The Kier molecular flexibility index (Phi) is 4.94. The monoisotopic (exact) mass is 353 g/mol. The molecule has 138 valence electrons. The molecule has 2 aromatic rings. The van der Waals surface area contributed by atoms with Gasteiger partial charge in [-0.3, -0.25) is 9.88 Å². The predicted octanol–water partition coefficient (Wildman–Crippen LogP) is 2.71. The SMILES string of the molecule is CC=C1CN2CCC1CC2C(O)c1ccnc2ccc(NCCO)cc12. The Bertz CT molecular complexity index is 820. The van der Waals surface area contributed by atoms with Crippen LogP contribution in [0.4, 0.5) is 5.69 Å². The molecule has 0 aliphatic carbocycles. The number of anilines is 1. The van der Waals surface area contributed by atoms with Gasteiger partial charge in [-0.15, -0.1) is 0 Å². The topological polar surface area (TPSA) is 68.6 Å². The highest BCUT2D eigenvalue weighted by molar-refractivity contribution is 5.85. The number of pyridine rings is 1.